The van der Waals surface area contributed by atoms with Crippen LogP contribution in [0.5, 0.6) is 0 Å². The molecule has 52 heavy (non-hydrogen) atoms. The number of carboxylic acids is 1. The topological polar surface area (TPSA) is 319 Å². The zero-order valence-corrected chi connectivity index (χ0v) is 30.4. The molecule has 1 aromatic heterocycles. The number of aromatic nitrogens is 2. The van der Waals surface area contributed by atoms with E-state index in [1.807, 2.05) is 13.8 Å². The molecule has 0 aromatic carbocycles. The average Bonchev–Trinajstić information content (AvgIpc) is 3.76. The highest BCUT2D eigenvalue weighted by molar-refractivity contribution is 8.00. The van der Waals surface area contributed by atoms with Gasteiger partial charge < -0.3 is 56.5 Å². The van der Waals surface area contributed by atoms with Gasteiger partial charge in [0.2, 0.25) is 35.4 Å². The molecular formula is C29H45N8O13PS. The van der Waals surface area contributed by atoms with Gasteiger partial charge in [-0.25, -0.2) is 14.3 Å². The summed E-state index contributed by atoms with van der Waals surface area (Å²) < 4.78 is 16.2. The third-order valence-corrected chi connectivity index (χ3v) is 9.75. The quantitative estimate of drug-likeness (QED) is 0.110. The lowest BCUT2D eigenvalue weighted by atomic mass is 10.0. The first kappa shape index (κ1) is 42.3. The van der Waals surface area contributed by atoms with Crippen molar-refractivity contribution in [2.75, 3.05) is 24.7 Å². The molecule has 2 aliphatic rings. The van der Waals surface area contributed by atoms with Crippen LogP contribution in [-0.4, -0.2) is 143 Å². The molecule has 1 aromatic rings. The van der Waals surface area contributed by atoms with E-state index in [0.717, 1.165) is 18.7 Å². The Morgan fingerprint density at radius 1 is 0.962 bits per heavy atom. The van der Waals surface area contributed by atoms with Crippen LogP contribution >= 0.6 is 19.6 Å². The zero-order valence-electron chi connectivity index (χ0n) is 28.6. The van der Waals surface area contributed by atoms with Gasteiger partial charge in [0.1, 0.15) is 36.3 Å². The van der Waals surface area contributed by atoms with Gasteiger partial charge in [0, 0.05) is 30.6 Å². The van der Waals surface area contributed by atoms with Gasteiger partial charge in [-0.15, -0.1) is 11.8 Å². The fourth-order valence-corrected chi connectivity index (χ4v) is 7.06. The highest BCUT2D eigenvalue weighted by Gasteiger charge is 2.39. The van der Waals surface area contributed by atoms with Crippen molar-refractivity contribution in [3.05, 3.63) is 18.2 Å². The number of nitrogens with zero attached hydrogens (tertiary/aromatic N) is 2. The monoisotopic (exact) mass is 776 g/mol. The van der Waals surface area contributed by atoms with Crippen molar-refractivity contribution in [3.8, 4) is 0 Å². The molecular weight excluding hydrogens is 731 g/mol. The minimum Gasteiger partial charge on any atom is -0.480 e. The summed E-state index contributed by atoms with van der Waals surface area (Å²) in [6, 6.07) is -8.99. The van der Waals surface area contributed by atoms with Crippen LogP contribution in [0.15, 0.2) is 12.5 Å². The van der Waals surface area contributed by atoms with E-state index in [4.69, 9.17) is 0 Å². The Morgan fingerprint density at radius 2 is 1.60 bits per heavy atom. The summed E-state index contributed by atoms with van der Waals surface area (Å²) >= 11 is 0.824. The van der Waals surface area contributed by atoms with Gasteiger partial charge >= 0.3 is 13.8 Å². The molecule has 0 saturated carbocycles. The number of aliphatic hydroxyl groups is 1. The number of fused-ring (bicyclic) bond motifs is 1. The van der Waals surface area contributed by atoms with Crippen molar-refractivity contribution in [1.29, 1.82) is 0 Å². The maximum absolute atomic E-state index is 13.7. The molecule has 0 spiro atoms. The molecule has 21 nitrogen and oxygen atoms in total. The van der Waals surface area contributed by atoms with Gasteiger partial charge in [-0.05, 0) is 32.1 Å². The van der Waals surface area contributed by atoms with E-state index < -0.39 is 98.2 Å². The number of hydrogen-bond acceptors (Lipinski definition) is 12. The Bertz CT molecular complexity index is 1510. The third-order valence-electron chi connectivity index (χ3n) is 8.12. The number of imidazole rings is 1. The van der Waals surface area contributed by atoms with Crippen LogP contribution in [0.1, 0.15) is 45.7 Å². The standard InChI is InChI=1S/C29H45N8O13PS/c1-14(2)7-17-24(40)32-18(8-16-9-30-13-31-16)25(41)34-19(10-38)26(42)36-23(15(3)50-51(47,48)49)28(44)35-20(29(45)46)11-52-12-22(39)37-6-4-5-21(37)27(43)33-17/h9,13-15,17-21,23,38H,4-8,10-12H2,1-3H3,(H,30,31)(H,32,40)(H,33,43)(H,34,41)(H,35,44)(H,36,42)(H,45,46)(H2,47,48,49)/t15-,17+,18+,19+,20+,21+,23+/m1/s1. The zero-order chi connectivity index (χ0) is 38.7. The Balaban J connectivity index is 2.03. The SMILES string of the molecule is CC(C)C[C@@H]1NC(=O)[C@@H]2CCCN2C(=O)CSC[C@@H](C(=O)O)NC(=O)[C@H]([C@@H](C)OP(=O)(O)O)NC(=O)[C@H](CO)NC(=O)[C@H](Cc2cnc[nH]2)NC1=O. The first-order valence-electron chi connectivity index (χ1n) is 16.3. The number of rotatable bonds is 9. The molecule has 0 unspecified atom stereocenters. The minimum absolute atomic E-state index is 0.117. The van der Waals surface area contributed by atoms with Gasteiger partial charge in [-0.1, -0.05) is 13.8 Å². The molecule has 10 N–H and O–H groups in total. The summed E-state index contributed by atoms with van der Waals surface area (Å²) in [5.74, 6) is -7.71. The smallest absolute Gasteiger partial charge is 0.469 e. The van der Waals surface area contributed by atoms with E-state index >= 15 is 0 Å². The van der Waals surface area contributed by atoms with Crippen molar-refractivity contribution < 1.29 is 62.7 Å². The highest BCUT2D eigenvalue weighted by Crippen LogP contribution is 2.38. The normalized spacial score (nSPS) is 27.0. The molecule has 2 fully saturated rings. The lowest BCUT2D eigenvalue weighted by Crippen LogP contribution is -2.62. The number of carboxylic acid groups (broad SMARTS) is 1. The van der Waals surface area contributed by atoms with Crippen molar-refractivity contribution in [3.63, 3.8) is 0 Å². The number of phosphoric acid groups is 1. The van der Waals surface area contributed by atoms with Crippen LogP contribution in [0, 0.1) is 5.92 Å². The molecule has 290 valence electrons. The molecule has 6 amide bonds. The molecule has 0 radical (unpaired) electrons. The van der Waals surface area contributed by atoms with Crippen LogP contribution in [0.2, 0.25) is 0 Å². The van der Waals surface area contributed by atoms with Gasteiger partial charge in [0.25, 0.3) is 0 Å². The third kappa shape index (κ3) is 12.6. The largest absolute Gasteiger partial charge is 0.480 e. The summed E-state index contributed by atoms with van der Waals surface area (Å²) in [5, 5.41) is 31.7. The number of carbonyl (C=O) groups is 7. The Labute approximate surface area is 302 Å². The fourth-order valence-electron chi connectivity index (χ4n) is 5.58. The van der Waals surface area contributed by atoms with E-state index in [1.54, 1.807) is 0 Å². The van der Waals surface area contributed by atoms with E-state index in [1.165, 1.54) is 17.4 Å². The van der Waals surface area contributed by atoms with Gasteiger partial charge in [-0.2, -0.15) is 0 Å². The summed E-state index contributed by atoms with van der Waals surface area (Å²) in [7, 11) is -5.27. The van der Waals surface area contributed by atoms with Gasteiger partial charge in [-0.3, -0.25) is 33.3 Å². The Hall–Kier alpha value is -4.08. The number of phosphoric ester groups is 1. The first-order chi connectivity index (χ1) is 24.4. The second kappa shape index (κ2) is 19.1. The molecule has 0 bridgehead atoms. The summed E-state index contributed by atoms with van der Waals surface area (Å²) in [5.41, 5.74) is 0.381. The minimum atomic E-state index is -5.27. The molecule has 3 rings (SSSR count). The van der Waals surface area contributed by atoms with E-state index in [9.17, 15) is 58.1 Å². The molecule has 7 atom stereocenters. The maximum Gasteiger partial charge on any atom is 0.469 e. The molecule has 2 aliphatic heterocycles. The maximum atomic E-state index is 13.7. The summed E-state index contributed by atoms with van der Waals surface area (Å²) in [6.07, 6.45) is 1.62. The number of H-pyrrole nitrogens is 1. The van der Waals surface area contributed by atoms with E-state index in [2.05, 4.69) is 41.1 Å². The van der Waals surface area contributed by atoms with Crippen molar-refractivity contribution in [1.82, 2.24) is 41.5 Å². The highest BCUT2D eigenvalue weighted by atomic mass is 32.2. The number of carbonyl (C=O) groups excluding carboxylic acids is 6. The number of aliphatic hydroxyl groups excluding tert-OH is 1. The number of thioether (sulfide) groups is 1. The van der Waals surface area contributed by atoms with Crippen molar-refractivity contribution in [2.45, 2.75) is 88.8 Å². The number of nitrogens with one attached hydrogen (secondary N) is 6. The predicted molar refractivity (Wildman–Crippen MR) is 181 cm³/mol. The number of aliphatic carboxylic acids is 1. The van der Waals surface area contributed by atoms with Crippen LogP contribution < -0.4 is 26.6 Å². The summed E-state index contributed by atoms with van der Waals surface area (Å²) in [6.45, 7) is 3.78. The number of aromatic amines is 1. The molecule has 23 heteroatoms. The Morgan fingerprint density at radius 3 is 2.19 bits per heavy atom. The van der Waals surface area contributed by atoms with Gasteiger partial charge in [0.05, 0.1) is 24.8 Å². The molecule has 0 aliphatic carbocycles. The van der Waals surface area contributed by atoms with Crippen LogP contribution in [0.3, 0.4) is 0 Å². The van der Waals surface area contributed by atoms with Crippen LogP contribution in [0.4, 0.5) is 0 Å². The van der Waals surface area contributed by atoms with E-state index in [0.29, 0.717) is 12.1 Å². The van der Waals surface area contributed by atoms with Crippen molar-refractivity contribution in [2.24, 2.45) is 5.92 Å². The average molecular weight is 777 g/mol. The second-order valence-corrected chi connectivity index (χ2v) is 14.9. The number of amides is 6. The van der Waals surface area contributed by atoms with Gasteiger partial charge in [0.15, 0.2) is 0 Å². The fraction of sp³-hybridized carbons (Fsp3) is 0.655. The lowest BCUT2D eigenvalue weighted by molar-refractivity contribution is -0.142. The molecule has 2 saturated heterocycles. The number of hydrogen-bond donors (Lipinski definition) is 10. The van der Waals surface area contributed by atoms with Crippen LogP contribution in [-0.2, 0) is 49.1 Å². The Kier molecular flexibility index (Phi) is 15.6. The summed E-state index contributed by atoms with van der Waals surface area (Å²) in [4.78, 5) is 120. The van der Waals surface area contributed by atoms with E-state index in [-0.39, 0.29) is 43.2 Å². The first-order valence-corrected chi connectivity index (χ1v) is 19.0. The second-order valence-electron chi connectivity index (χ2n) is 12.7. The lowest BCUT2D eigenvalue weighted by Gasteiger charge is -2.29. The predicted octanol–water partition coefficient (Wildman–Crippen LogP) is -3.27. The molecule has 3 heterocycles. The van der Waals surface area contributed by atoms with Crippen molar-refractivity contribution >= 4 is 61.0 Å². The van der Waals surface area contributed by atoms with Crippen LogP contribution in [0.25, 0.3) is 0 Å².